The van der Waals surface area contributed by atoms with Gasteiger partial charge >= 0.3 is 9.33 Å². The van der Waals surface area contributed by atoms with E-state index in [9.17, 15) is 17.2 Å². The molecule has 0 radical (unpaired) electrons. The molecule has 0 bridgehead atoms. The van der Waals surface area contributed by atoms with Gasteiger partial charge in [-0.1, -0.05) is 0 Å². The Balaban J connectivity index is 3.53. The van der Waals surface area contributed by atoms with Crippen LogP contribution >= 0.6 is 10.7 Å². The summed E-state index contributed by atoms with van der Waals surface area (Å²) in [6.07, 6.45) is -2.82. The van der Waals surface area contributed by atoms with Gasteiger partial charge in [-0.2, -0.15) is 8.42 Å². The summed E-state index contributed by atoms with van der Waals surface area (Å²) in [5.41, 5.74) is 0. The van der Waals surface area contributed by atoms with Crippen LogP contribution in [0.5, 0.6) is 0 Å². The van der Waals surface area contributed by atoms with E-state index in [1.54, 1.807) is 0 Å². The molecular weight excluding hydrogens is 178 g/mol. The molecule has 0 heterocycles. The highest BCUT2D eigenvalue weighted by Gasteiger charge is 2.09. The van der Waals surface area contributed by atoms with E-state index >= 15 is 0 Å². The third-order valence-electron chi connectivity index (χ3n) is 0.335. The van der Waals surface area contributed by atoms with Gasteiger partial charge in [0.1, 0.15) is 6.61 Å². The zero-order valence-electron chi connectivity index (χ0n) is 4.05. The fourth-order valence-corrected chi connectivity index (χ4v) is 0.552. The van der Waals surface area contributed by atoms with Gasteiger partial charge in [0, 0.05) is 10.7 Å². The Kier molecular flexibility index (Phi) is 3.31. The molecule has 0 fully saturated rings. The van der Waals surface area contributed by atoms with Gasteiger partial charge in [0.15, 0.2) is 0 Å². The van der Waals surface area contributed by atoms with Crippen molar-refractivity contribution in [3.63, 3.8) is 0 Å². The molecule has 3 nitrogen and oxygen atoms in total. The quantitative estimate of drug-likeness (QED) is 0.602. The molecule has 0 saturated carbocycles. The van der Waals surface area contributed by atoms with E-state index in [1.807, 2.05) is 0 Å². The van der Waals surface area contributed by atoms with Gasteiger partial charge in [-0.3, -0.25) is 4.18 Å². The van der Waals surface area contributed by atoms with Crippen LogP contribution in [-0.2, 0) is 13.5 Å². The van der Waals surface area contributed by atoms with Crippen molar-refractivity contribution >= 4 is 20.0 Å². The average molecular weight is 181 g/mol. The molecule has 0 atom stereocenters. The van der Waals surface area contributed by atoms with Crippen molar-refractivity contribution in [2.45, 2.75) is 6.43 Å². The second kappa shape index (κ2) is 3.28. The predicted octanol–water partition coefficient (Wildman–Crippen LogP) is 0.752. The van der Waals surface area contributed by atoms with Crippen LogP contribution < -0.4 is 0 Å². The van der Waals surface area contributed by atoms with Gasteiger partial charge < -0.3 is 0 Å². The smallest absolute Gasteiger partial charge is 0.252 e. The minimum Gasteiger partial charge on any atom is -0.252 e. The highest BCUT2D eigenvalue weighted by molar-refractivity contribution is 8.09. The summed E-state index contributed by atoms with van der Waals surface area (Å²) in [6.45, 7) is -1.19. The Hall–Kier alpha value is 0.0600. The lowest BCUT2D eigenvalue weighted by Gasteiger charge is -1.95. The van der Waals surface area contributed by atoms with E-state index in [4.69, 9.17) is 0 Å². The second-order valence-corrected chi connectivity index (χ2v) is 3.22. The van der Waals surface area contributed by atoms with Gasteiger partial charge in [-0.15, -0.1) is 0 Å². The summed E-state index contributed by atoms with van der Waals surface area (Å²) in [4.78, 5) is 0. The van der Waals surface area contributed by atoms with E-state index in [-0.39, 0.29) is 0 Å². The van der Waals surface area contributed by atoms with Crippen molar-refractivity contribution in [3.8, 4) is 0 Å². The van der Waals surface area contributed by atoms with Crippen molar-refractivity contribution in [3.05, 3.63) is 0 Å². The maximum atomic E-state index is 11.1. The van der Waals surface area contributed by atoms with Crippen molar-refractivity contribution in [1.29, 1.82) is 0 Å². The van der Waals surface area contributed by atoms with Crippen LogP contribution in [0, 0.1) is 0 Å². The number of halogens is 3. The normalized spacial score (nSPS) is 12.4. The topological polar surface area (TPSA) is 43.4 Å². The molecule has 0 aromatic rings. The molecule has 7 heteroatoms. The molecule has 0 amide bonds. The SMILES string of the molecule is O=S(=O)(Cl)OCC(F)F. The fourth-order valence-electron chi connectivity index (χ4n) is 0.133. The lowest BCUT2D eigenvalue weighted by molar-refractivity contribution is 0.0864. The zero-order valence-corrected chi connectivity index (χ0v) is 5.62. The lowest BCUT2D eigenvalue weighted by Crippen LogP contribution is -2.06. The molecule has 0 spiro atoms. The van der Waals surface area contributed by atoms with E-state index in [0.29, 0.717) is 0 Å². The number of rotatable bonds is 3. The third-order valence-corrected chi connectivity index (χ3v) is 1.02. The van der Waals surface area contributed by atoms with Crippen LogP contribution in [-0.4, -0.2) is 21.5 Å². The Morgan fingerprint density at radius 2 is 2.00 bits per heavy atom. The standard InChI is InChI=1S/C2H3ClF2O3S/c3-9(6,7)8-1-2(4)5/h2H,1H2. The Morgan fingerprint density at radius 1 is 1.56 bits per heavy atom. The minimum absolute atomic E-state index is 1.19. The lowest BCUT2D eigenvalue weighted by atomic mass is 10.8. The number of hydrogen-bond acceptors (Lipinski definition) is 3. The molecule has 9 heavy (non-hydrogen) atoms. The Labute approximate surface area is 55.2 Å². The van der Waals surface area contributed by atoms with Gasteiger partial charge in [0.05, 0.1) is 0 Å². The highest BCUT2D eigenvalue weighted by atomic mass is 35.7. The minimum atomic E-state index is -4.23. The van der Waals surface area contributed by atoms with E-state index < -0.39 is 22.4 Å². The highest BCUT2D eigenvalue weighted by Crippen LogP contribution is 2.01. The average Bonchev–Trinajstić information content (AvgIpc) is 1.59. The Morgan fingerprint density at radius 3 is 2.11 bits per heavy atom. The molecule has 0 aliphatic carbocycles. The summed E-state index contributed by atoms with van der Waals surface area (Å²) in [5, 5.41) is 0. The maximum absolute atomic E-state index is 11.1. The van der Waals surface area contributed by atoms with Crippen molar-refractivity contribution in [2.24, 2.45) is 0 Å². The first-order valence-electron chi connectivity index (χ1n) is 1.79. The van der Waals surface area contributed by atoms with Crippen LogP contribution in [0.15, 0.2) is 0 Å². The first kappa shape index (κ1) is 9.06. The molecule has 0 aromatic heterocycles. The summed E-state index contributed by atoms with van der Waals surface area (Å²) in [5.74, 6) is 0. The van der Waals surface area contributed by atoms with Gasteiger partial charge in [0.2, 0.25) is 0 Å². The Bertz CT molecular complexity index is 165. The maximum Gasteiger partial charge on any atom is 0.355 e. The molecule has 0 N–H and O–H groups in total. The third kappa shape index (κ3) is 8.06. The molecule has 0 aliphatic rings. The molecule has 0 saturated heterocycles. The van der Waals surface area contributed by atoms with Crippen LogP contribution in [0.4, 0.5) is 8.78 Å². The predicted molar refractivity (Wildman–Crippen MR) is 26.7 cm³/mol. The second-order valence-electron chi connectivity index (χ2n) is 1.07. The van der Waals surface area contributed by atoms with Crippen LogP contribution in [0.1, 0.15) is 0 Å². The molecule has 0 aromatic carbocycles. The van der Waals surface area contributed by atoms with Crippen molar-refractivity contribution in [1.82, 2.24) is 0 Å². The van der Waals surface area contributed by atoms with Gasteiger partial charge in [-0.25, -0.2) is 8.78 Å². The number of hydrogen-bond donors (Lipinski definition) is 0. The van der Waals surface area contributed by atoms with Gasteiger partial charge in [-0.05, 0) is 0 Å². The van der Waals surface area contributed by atoms with Gasteiger partial charge in [0.25, 0.3) is 6.43 Å². The van der Waals surface area contributed by atoms with Crippen molar-refractivity contribution < 1.29 is 21.4 Å². The van der Waals surface area contributed by atoms with E-state index in [0.717, 1.165) is 0 Å². The molecule has 0 rings (SSSR count). The largest absolute Gasteiger partial charge is 0.355 e. The fraction of sp³-hybridized carbons (Fsp3) is 1.00. The number of alkyl halides is 2. The van der Waals surface area contributed by atoms with E-state index in [1.165, 1.54) is 0 Å². The summed E-state index contributed by atoms with van der Waals surface area (Å²) in [6, 6.07) is 0. The first-order valence-corrected chi connectivity index (χ1v) is 4.02. The first-order chi connectivity index (χ1) is 3.92. The molecule has 56 valence electrons. The molecular formula is C2H3ClF2O3S. The van der Waals surface area contributed by atoms with Crippen LogP contribution in [0.2, 0.25) is 0 Å². The van der Waals surface area contributed by atoms with E-state index in [2.05, 4.69) is 14.9 Å². The summed E-state index contributed by atoms with van der Waals surface area (Å²) in [7, 11) is 0.167. The summed E-state index contributed by atoms with van der Waals surface area (Å²) >= 11 is 0. The summed E-state index contributed by atoms with van der Waals surface area (Å²) < 4.78 is 45.2. The molecule has 0 aliphatic heterocycles. The van der Waals surface area contributed by atoms with Crippen molar-refractivity contribution in [2.75, 3.05) is 6.61 Å². The van der Waals surface area contributed by atoms with Crippen LogP contribution in [0.3, 0.4) is 0 Å². The zero-order chi connectivity index (χ0) is 7.49. The monoisotopic (exact) mass is 180 g/mol. The molecule has 0 unspecified atom stereocenters. The van der Waals surface area contributed by atoms with Crippen LogP contribution in [0.25, 0.3) is 0 Å².